The highest BCUT2D eigenvalue weighted by Gasteiger charge is 2.27. The molecule has 2 rings (SSSR count). The zero-order chi connectivity index (χ0) is 14.0. The monoisotopic (exact) mass is 264 g/mol. The number of allylic oxidation sites excluding steroid dienone is 1. The van der Waals surface area contributed by atoms with Crippen molar-refractivity contribution < 1.29 is 14.2 Å². The number of hydrogen-bond acceptors (Lipinski definition) is 2. The van der Waals surface area contributed by atoms with Crippen molar-refractivity contribution in [2.45, 2.75) is 39.2 Å². The lowest BCUT2D eigenvalue weighted by atomic mass is 9.75. The van der Waals surface area contributed by atoms with Crippen LogP contribution in [0.1, 0.15) is 32.3 Å². The molecule has 0 fully saturated rings. The van der Waals surface area contributed by atoms with Crippen molar-refractivity contribution in [3.63, 3.8) is 0 Å². The molecule has 0 saturated carbocycles. The van der Waals surface area contributed by atoms with Crippen LogP contribution in [0.2, 0.25) is 0 Å². The summed E-state index contributed by atoms with van der Waals surface area (Å²) in [4.78, 5) is 0. The fourth-order valence-electron chi connectivity index (χ4n) is 2.85. The Hall–Kier alpha value is -1.35. The Balaban J connectivity index is 2.15. The van der Waals surface area contributed by atoms with E-state index in [1.54, 1.807) is 6.07 Å². The molecule has 0 radical (unpaired) electrons. The highest BCUT2D eigenvalue weighted by atomic mass is 19.1. The smallest absolute Gasteiger partial charge is 0.165 e. The second-order valence-corrected chi connectivity index (χ2v) is 6.08. The van der Waals surface area contributed by atoms with E-state index in [9.17, 15) is 9.50 Å². The summed E-state index contributed by atoms with van der Waals surface area (Å²) in [6.45, 7) is 4.30. The van der Waals surface area contributed by atoms with E-state index in [1.807, 2.05) is 12.1 Å². The fraction of sp³-hybridized carbons (Fsp3) is 0.500. The summed E-state index contributed by atoms with van der Waals surface area (Å²) < 4.78 is 18.6. The van der Waals surface area contributed by atoms with Crippen LogP contribution in [-0.4, -0.2) is 18.3 Å². The zero-order valence-electron chi connectivity index (χ0n) is 11.7. The Bertz CT molecular complexity index is 492. The maximum atomic E-state index is 13.6. The third-order valence-electron chi connectivity index (χ3n) is 3.54. The first-order chi connectivity index (χ1) is 8.89. The molecule has 1 aromatic carbocycles. The standard InChI is InChI=1S/C16H21FO2/c1-16(2)9-12(7-13(18)10-16)6-11-4-5-15(19-3)14(17)8-11/h4-5,7-8,13,18H,6,9-10H2,1-3H3. The number of rotatable bonds is 3. The first kappa shape index (κ1) is 14.1. The minimum atomic E-state index is -0.387. The summed E-state index contributed by atoms with van der Waals surface area (Å²) in [5, 5.41) is 9.86. The number of aliphatic hydroxyl groups excluding tert-OH is 1. The number of methoxy groups -OCH3 is 1. The molecule has 1 aliphatic rings. The van der Waals surface area contributed by atoms with E-state index in [4.69, 9.17) is 4.74 Å². The van der Waals surface area contributed by atoms with Crippen molar-refractivity contribution in [2.75, 3.05) is 7.11 Å². The lowest BCUT2D eigenvalue weighted by Crippen LogP contribution is -2.25. The molecule has 104 valence electrons. The maximum absolute atomic E-state index is 13.6. The van der Waals surface area contributed by atoms with Crippen molar-refractivity contribution in [1.82, 2.24) is 0 Å². The molecule has 0 aromatic heterocycles. The van der Waals surface area contributed by atoms with Crippen LogP contribution < -0.4 is 4.74 Å². The second-order valence-electron chi connectivity index (χ2n) is 6.08. The molecule has 1 atom stereocenters. The van der Waals surface area contributed by atoms with Gasteiger partial charge in [0.2, 0.25) is 0 Å². The van der Waals surface area contributed by atoms with E-state index >= 15 is 0 Å². The minimum absolute atomic E-state index is 0.106. The molecule has 1 unspecified atom stereocenters. The molecule has 0 spiro atoms. The Kier molecular flexibility index (Phi) is 3.95. The van der Waals surface area contributed by atoms with Crippen LogP contribution in [0.3, 0.4) is 0 Å². The quantitative estimate of drug-likeness (QED) is 0.847. The van der Waals surface area contributed by atoms with Crippen LogP contribution in [0.4, 0.5) is 4.39 Å². The molecule has 0 saturated heterocycles. The Morgan fingerprint density at radius 1 is 1.42 bits per heavy atom. The third kappa shape index (κ3) is 3.57. The van der Waals surface area contributed by atoms with Gasteiger partial charge in [0.25, 0.3) is 0 Å². The van der Waals surface area contributed by atoms with Gasteiger partial charge in [0.05, 0.1) is 13.2 Å². The van der Waals surface area contributed by atoms with Gasteiger partial charge < -0.3 is 9.84 Å². The maximum Gasteiger partial charge on any atom is 0.165 e. The van der Waals surface area contributed by atoms with E-state index in [0.717, 1.165) is 18.4 Å². The first-order valence-electron chi connectivity index (χ1n) is 6.60. The number of hydrogen-bond donors (Lipinski definition) is 1. The van der Waals surface area contributed by atoms with E-state index in [-0.39, 0.29) is 23.1 Å². The van der Waals surface area contributed by atoms with Gasteiger partial charge in [-0.2, -0.15) is 0 Å². The van der Waals surface area contributed by atoms with Crippen LogP contribution in [-0.2, 0) is 6.42 Å². The Labute approximate surface area is 113 Å². The Morgan fingerprint density at radius 3 is 2.74 bits per heavy atom. The number of benzene rings is 1. The molecule has 3 heteroatoms. The van der Waals surface area contributed by atoms with Gasteiger partial charge in [0.15, 0.2) is 11.6 Å². The van der Waals surface area contributed by atoms with Crippen LogP contribution in [0, 0.1) is 11.2 Å². The van der Waals surface area contributed by atoms with Gasteiger partial charge in [-0.3, -0.25) is 0 Å². The molecule has 19 heavy (non-hydrogen) atoms. The zero-order valence-corrected chi connectivity index (χ0v) is 11.7. The topological polar surface area (TPSA) is 29.5 Å². The Morgan fingerprint density at radius 2 is 2.16 bits per heavy atom. The highest BCUT2D eigenvalue weighted by Crippen LogP contribution is 2.36. The van der Waals surface area contributed by atoms with Crippen molar-refractivity contribution >= 4 is 0 Å². The van der Waals surface area contributed by atoms with E-state index in [1.165, 1.54) is 18.7 Å². The third-order valence-corrected chi connectivity index (χ3v) is 3.54. The summed E-state index contributed by atoms with van der Waals surface area (Å²) >= 11 is 0. The van der Waals surface area contributed by atoms with Gasteiger partial charge >= 0.3 is 0 Å². The lowest BCUT2D eigenvalue weighted by Gasteiger charge is -2.32. The summed E-state index contributed by atoms with van der Waals surface area (Å²) in [5.74, 6) is -0.0713. The molecule has 0 heterocycles. The number of aliphatic hydroxyl groups is 1. The molecule has 1 aromatic rings. The molecule has 2 nitrogen and oxygen atoms in total. The van der Waals surface area contributed by atoms with Crippen molar-refractivity contribution in [2.24, 2.45) is 5.41 Å². The summed E-state index contributed by atoms with van der Waals surface area (Å²) in [5.41, 5.74) is 2.19. The average Bonchev–Trinajstić information content (AvgIpc) is 2.26. The highest BCUT2D eigenvalue weighted by molar-refractivity contribution is 5.32. The molecule has 1 N–H and O–H groups in total. The average molecular weight is 264 g/mol. The van der Waals surface area contributed by atoms with Gasteiger partial charge in [-0.05, 0) is 42.4 Å². The van der Waals surface area contributed by atoms with Crippen molar-refractivity contribution in [1.29, 1.82) is 0 Å². The van der Waals surface area contributed by atoms with Crippen molar-refractivity contribution in [3.05, 3.63) is 41.2 Å². The predicted octanol–water partition coefficient (Wildman–Crippen LogP) is 3.48. The summed E-state index contributed by atoms with van der Waals surface area (Å²) in [7, 11) is 1.46. The van der Waals surface area contributed by atoms with Crippen LogP contribution in [0.25, 0.3) is 0 Å². The van der Waals surface area contributed by atoms with Gasteiger partial charge in [0.1, 0.15) is 0 Å². The van der Waals surface area contributed by atoms with E-state index in [0.29, 0.717) is 6.42 Å². The van der Waals surface area contributed by atoms with Gasteiger partial charge in [-0.1, -0.05) is 31.6 Å². The number of ether oxygens (including phenoxy) is 1. The largest absolute Gasteiger partial charge is 0.494 e. The van der Waals surface area contributed by atoms with Gasteiger partial charge in [-0.15, -0.1) is 0 Å². The van der Waals surface area contributed by atoms with Gasteiger partial charge in [-0.25, -0.2) is 4.39 Å². The molecule has 1 aliphatic carbocycles. The molecule has 0 aliphatic heterocycles. The molecular formula is C16H21FO2. The molecule has 0 amide bonds. The fourth-order valence-corrected chi connectivity index (χ4v) is 2.85. The SMILES string of the molecule is COc1ccc(CC2=CC(O)CC(C)(C)C2)cc1F. The van der Waals surface area contributed by atoms with Crippen LogP contribution >= 0.6 is 0 Å². The second kappa shape index (κ2) is 5.33. The molecular weight excluding hydrogens is 243 g/mol. The number of halogens is 1. The van der Waals surface area contributed by atoms with E-state index < -0.39 is 0 Å². The minimum Gasteiger partial charge on any atom is -0.494 e. The van der Waals surface area contributed by atoms with Crippen LogP contribution in [0.5, 0.6) is 5.75 Å². The van der Waals surface area contributed by atoms with Crippen molar-refractivity contribution in [3.8, 4) is 5.75 Å². The summed E-state index contributed by atoms with van der Waals surface area (Å²) in [6, 6.07) is 5.03. The summed E-state index contributed by atoms with van der Waals surface area (Å²) in [6.07, 6.45) is 3.93. The first-order valence-corrected chi connectivity index (χ1v) is 6.60. The predicted molar refractivity (Wildman–Crippen MR) is 73.8 cm³/mol. The van der Waals surface area contributed by atoms with E-state index in [2.05, 4.69) is 13.8 Å². The molecule has 0 bridgehead atoms. The lowest BCUT2D eigenvalue weighted by molar-refractivity contribution is 0.138. The normalized spacial score (nSPS) is 21.9. The van der Waals surface area contributed by atoms with Gasteiger partial charge in [0, 0.05) is 0 Å². The van der Waals surface area contributed by atoms with Crippen LogP contribution in [0.15, 0.2) is 29.8 Å².